The number of carboxylic acid groups (broad SMARTS) is 1. The lowest BCUT2D eigenvalue weighted by molar-refractivity contribution is -0.141. The van der Waals surface area contributed by atoms with Gasteiger partial charge >= 0.3 is 11.9 Å². The number of hydrogen-bond donors (Lipinski definition) is 2. The molecule has 1 aromatic rings. The smallest absolute Gasteiger partial charge is 0.330 e. The Morgan fingerprint density at radius 3 is 2.55 bits per heavy atom. The summed E-state index contributed by atoms with van der Waals surface area (Å²) in [7, 11) is 0. The second-order valence-corrected chi connectivity index (χ2v) is 4.51. The fourth-order valence-corrected chi connectivity index (χ4v) is 1.74. The lowest BCUT2D eigenvalue weighted by Crippen LogP contribution is -2.41. The van der Waals surface area contributed by atoms with E-state index >= 15 is 0 Å². The van der Waals surface area contributed by atoms with Crippen LogP contribution in [0.4, 0.5) is 0 Å². The lowest BCUT2D eigenvalue weighted by atomic mass is 10.1. The zero-order valence-electron chi connectivity index (χ0n) is 12.3. The molecule has 2 N–H and O–H groups in total. The van der Waals surface area contributed by atoms with E-state index in [0.29, 0.717) is 0 Å². The molecule has 0 unspecified atom stereocenters. The summed E-state index contributed by atoms with van der Waals surface area (Å²) in [5, 5.41) is 11.5. The zero-order chi connectivity index (χ0) is 16.4. The summed E-state index contributed by atoms with van der Waals surface area (Å²) >= 11 is 0. The van der Waals surface area contributed by atoms with E-state index < -0.39 is 18.0 Å². The van der Waals surface area contributed by atoms with Crippen molar-refractivity contribution in [1.82, 2.24) is 5.32 Å². The maximum Gasteiger partial charge on any atom is 0.330 e. The largest absolute Gasteiger partial charge is 0.480 e. The van der Waals surface area contributed by atoms with Crippen molar-refractivity contribution in [2.75, 3.05) is 6.61 Å². The van der Waals surface area contributed by atoms with Crippen LogP contribution in [0.25, 0.3) is 0 Å². The summed E-state index contributed by atoms with van der Waals surface area (Å²) in [5.41, 5.74) is 0.797. The van der Waals surface area contributed by atoms with Crippen molar-refractivity contribution in [3.8, 4) is 0 Å². The molecule has 1 amide bonds. The number of esters is 1. The zero-order valence-corrected chi connectivity index (χ0v) is 12.3. The average Bonchev–Trinajstić information content (AvgIpc) is 2.47. The van der Waals surface area contributed by atoms with Gasteiger partial charge in [0.15, 0.2) is 0 Å². The standard InChI is InChI=1S/C16H19NO5/c1-2-22-15(19)10-6-9-13(16(20)21)17-14(18)11-12-7-4-3-5-8-12/h3-8,10,13H,2,9,11H2,1H3,(H,17,18)(H,20,21)/b10-6+/t13-/m0/s1. The number of benzene rings is 1. The highest BCUT2D eigenvalue weighted by Gasteiger charge is 2.18. The van der Waals surface area contributed by atoms with Crippen molar-refractivity contribution in [3.05, 3.63) is 48.0 Å². The first-order valence-corrected chi connectivity index (χ1v) is 6.92. The van der Waals surface area contributed by atoms with Crippen LogP contribution in [-0.4, -0.2) is 35.6 Å². The van der Waals surface area contributed by atoms with Crippen molar-refractivity contribution in [2.45, 2.75) is 25.8 Å². The molecule has 0 radical (unpaired) electrons. The van der Waals surface area contributed by atoms with Crippen LogP contribution in [-0.2, 0) is 25.5 Å². The number of carbonyl (C=O) groups is 3. The molecule has 6 nitrogen and oxygen atoms in total. The topological polar surface area (TPSA) is 92.7 Å². The third-order valence-corrected chi connectivity index (χ3v) is 2.75. The molecule has 1 atom stereocenters. The molecule has 0 saturated heterocycles. The monoisotopic (exact) mass is 305 g/mol. The number of rotatable bonds is 8. The molecule has 0 spiro atoms. The number of hydrogen-bond acceptors (Lipinski definition) is 4. The quantitative estimate of drug-likeness (QED) is 0.558. The Kier molecular flexibility index (Phi) is 7.39. The van der Waals surface area contributed by atoms with Crippen LogP contribution in [0.3, 0.4) is 0 Å². The van der Waals surface area contributed by atoms with Gasteiger partial charge in [0.1, 0.15) is 6.04 Å². The number of ether oxygens (including phenoxy) is 1. The highest BCUT2D eigenvalue weighted by molar-refractivity contribution is 5.85. The Bertz CT molecular complexity index is 539. The second kappa shape index (κ2) is 9.33. The first-order valence-electron chi connectivity index (χ1n) is 6.92. The van der Waals surface area contributed by atoms with Gasteiger partial charge in [-0.25, -0.2) is 9.59 Å². The average molecular weight is 305 g/mol. The van der Waals surface area contributed by atoms with Gasteiger partial charge in [-0.3, -0.25) is 4.79 Å². The van der Waals surface area contributed by atoms with E-state index in [1.807, 2.05) is 6.07 Å². The van der Waals surface area contributed by atoms with E-state index in [4.69, 9.17) is 5.11 Å². The van der Waals surface area contributed by atoms with Crippen molar-refractivity contribution in [1.29, 1.82) is 0 Å². The Morgan fingerprint density at radius 2 is 1.95 bits per heavy atom. The van der Waals surface area contributed by atoms with Gasteiger partial charge in [0.2, 0.25) is 5.91 Å². The molecular formula is C16H19NO5. The fourth-order valence-electron chi connectivity index (χ4n) is 1.74. The molecule has 1 rings (SSSR count). The molecule has 22 heavy (non-hydrogen) atoms. The third-order valence-electron chi connectivity index (χ3n) is 2.75. The summed E-state index contributed by atoms with van der Waals surface area (Å²) in [5.74, 6) is -2.08. The van der Waals surface area contributed by atoms with Crippen LogP contribution in [0.2, 0.25) is 0 Å². The fraction of sp³-hybridized carbons (Fsp3) is 0.312. The predicted molar refractivity (Wildman–Crippen MR) is 80.1 cm³/mol. The highest BCUT2D eigenvalue weighted by Crippen LogP contribution is 2.01. The molecular weight excluding hydrogens is 286 g/mol. The lowest BCUT2D eigenvalue weighted by Gasteiger charge is -2.12. The second-order valence-electron chi connectivity index (χ2n) is 4.51. The Hall–Kier alpha value is -2.63. The molecule has 0 bridgehead atoms. The third kappa shape index (κ3) is 6.69. The minimum absolute atomic E-state index is 0.00861. The first-order chi connectivity index (χ1) is 10.5. The minimum Gasteiger partial charge on any atom is -0.480 e. The van der Waals surface area contributed by atoms with Crippen LogP contribution in [0.15, 0.2) is 42.5 Å². The molecule has 6 heteroatoms. The van der Waals surface area contributed by atoms with Gasteiger partial charge < -0.3 is 15.2 Å². The predicted octanol–water partition coefficient (Wildman–Crippen LogP) is 1.31. The van der Waals surface area contributed by atoms with Crippen LogP contribution >= 0.6 is 0 Å². The van der Waals surface area contributed by atoms with E-state index in [1.54, 1.807) is 31.2 Å². The molecule has 1 aromatic carbocycles. The van der Waals surface area contributed by atoms with Crippen LogP contribution in [0.5, 0.6) is 0 Å². The number of nitrogens with one attached hydrogen (secondary N) is 1. The normalized spacial score (nSPS) is 11.9. The van der Waals surface area contributed by atoms with E-state index in [2.05, 4.69) is 10.1 Å². The van der Waals surface area contributed by atoms with Crippen LogP contribution in [0, 0.1) is 0 Å². The molecule has 0 aliphatic heterocycles. The van der Waals surface area contributed by atoms with Gasteiger partial charge in [-0.05, 0) is 18.9 Å². The molecule has 118 valence electrons. The van der Waals surface area contributed by atoms with E-state index in [-0.39, 0.29) is 25.4 Å². The van der Waals surface area contributed by atoms with E-state index in [0.717, 1.165) is 11.6 Å². The number of aliphatic carboxylic acids is 1. The minimum atomic E-state index is -1.16. The molecule has 0 aliphatic rings. The van der Waals surface area contributed by atoms with E-state index in [9.17, 15) is 14.4 Å². The molecule has 0 heterocycles. The van der Waals surface area contributed by atoms with Crippen molar-refractivity contribution in [2.24, 2.45) is 0 Å². The Morgan fingerprint density at radius 1 is 1.27 bits per heavy atom. The van der Waals surface area contributed by atoms with Crippen molar-refractivity contribution in [3.63, 3.8) is 0 Å². The summed E-state index contributed by atoms with van der Waals surface area (Å²) < 4.78 is 4.68. The number of carboxylic acids is 1. The molecule has 0 fully saturated rings. The summed E-state index contributed by atoms with van der Waals surface area (Å²) in [4.78, 5) is 34.1. The first kappa shape index (κ1) is 17.4. The van der Waals surface area contributed by atoms with Gasteiger partial charge in [-0.2, -0.15) is 0 Å². The number of amides is 1. The van der Waals surface area contributed by atoms with Crippen LogP contribution in [0.1, 0.15) is 18.9 Å². The summed E-state index contributed by atoms with van der Waals surface area (Å²) in [6, 6.07) is 7.94. The Labute approximate surface area is 128 Å². The van der Waals surface area contributed by atoms with E-state index in [1.165, 1.54) is 6.08 Å². The summed E-state index contributed by atoms with van der Waals surface area (Å²) in [6.45, 7) is 1.93. The maximum absolute atomic E-state index is 11.8. The van der Waals surface area contributed by atoms with Crippen LogP contribution < -0.4 is 5.32 Å². The molecule has 0 aliphatic carbocycles. The highest BCUT2D eigenvalue weighted by atomic mass is 16.5. The van der Waals surface area contributed by atoms with Gasteiger partial charge in [0.05, 0.1) is 13.0 Å². The van der Waals surface area contributed by atoms with Gasteiger partial charge in [-0.1, -0.05) is 36.4 Å². The Balaban J connectivity index is 2.51. The van der Waals surface area contributed by atoms with Gasteiger partial charge in [0.25, 0.3) is 0 Å². The number of carbonyl (C=O) groups excluding carboxylic acids is 2. The van der Waals surface area contributed by atoms with Crippen molar-refractivity contribution < 1.29 is 24.2 Å². The summed E-state index contributed by atoms with van der Waals surface area (Å²) in [6.07, 6.45) is 2.64. The van der Waals surface area contributed by atoms with Gasteiger partial charge in [-0.15, -0.1) is 0 Å². The molecule has 0 aromatic heterocycles. The van der Waals surface area contributed by atoms with Gasteiger partial charge in [0, 0.05) is 6.08 Å². The SMILES string of the molecule is CCOC(=O)/C=C/C[C@H](NC(=O)Cc1ccccc1)C(=O)O. The van der Waals surface area contributed by atoms with Crippen molar-refractivity contribution >= 4 is 17.8 Å². The maximum atomic E-state index is 11.8. The molecule has 0 saturated carbocycles.